The Balaban J connectivity index is 2.28. The fraction of sp³-hybridized carbons (Fsp3) is 0.0714. The Bertz CT molecular complexity index is 643. The highest BCUT2D eigenvalue weighted by Crippen LogP contribution is 2.22. The van der Waals surface area contributed by atoms with Crippen molar-refractivity contribution >= 4 is 33.3 Å². The number of halogens is 4. The zero-order chi connectivity index (χ0) is 14.0. The fourth-order valence-electron chi connectivity index (χ4n) is 1.67. The van der Waals surface area contributed by atoms with Gasteiger partial charge in [-0.05, 0) is 29.8 Å². The van der Waals surface area contributed by atoms with E-state index in [1.54, 1.807) is 12.1 Å². The van der Waals surface area contributed by atoms with Gasteiger partial charge in [0.05, 0.1) is 10.6 Å². The Morgan fingerprint density at radius 3 is 2.58 bits per heavy atom. The second-order valence-electron chi connectivity index (χ2n) is 3.94. The van der Waals surface area contributed by atoms with E-state index in [-0.39, 0.29) is 17.0 Å². The molecule has 0 saturated carbocycles. The van der Waals surface area contributed by atoms with Crippen molar-refractivity contribution in [2.45, 2.75) is 6.42 Å². The van der Waals surface area contributed by atoms with E-state index in [0.29, 0.717) is 10.0 Å². The summed E-state index contributed by atoms with van der Waals surface area (Å²) in [5.41, 5.74) is 0.303. The summed E-state index contributed by atoms with van der Waals surface area (Å²) in [5.74, 6) is -1.66. The van der Waals surface area contributed by atoms with E-state index in [0.717, 1.165) is 0 Å². The van der Waals surface area contributed by atoms with Gasteiger partial charge in [-0.15, -0.1) is 0 Å². The molecule has 0 aliphatic heterocycles. The first kappa shape index (κ1) is 14.2. The average molecular weight is 346 g/mol. The highest BCUT2D eigenvalue weighted by molar-refractivity contribution is 9.10. The third kappa shape index (κ3) is 3.19. The quantitative estimate of drug-likeness (QED) is 0.730. The van der Waals surface area contributed by atoms with Crippen LogP contribution in [0.15, 0.2) is 40.9 Å². The summed E-state index contributed by atoms with van der Waals surface area (Å²) in [6.07, 6.45) is -0.144. The number of benzene rings is 2. The zero-order valence-corrected chi connectivity index (χ0v) is 11.9. The van der Waals surface area contributed by atoms with Crippen LogP contribution in [0.2, 0.25) is 5.02 Å². The number of carbonyl (C=O) groups is 1. The highest BCUT2D eigenvalue weighted by atomic mass is 79.9. The lowest BCUT2D eigenvalue weighted by molar-refractivity contribution is 0.0989. The van der Waals surface area contributed by atoms with E-state index >= 15 is 0 Å². The van der Waals surface area contributed by atoms with Crippen LogP contribution in [0, 0.1) is 11.6 Å². The molecule has 2 aromatic rings. The second-order valence-corrected chi connectivity index (χ2v) is 5.23. The van der Waals surface area contributed by atoms with Gasteiger partial charge in [-0.3, -0.25) is 4.79 Å². The summed E-state index contributed by atoms with van der Waals surface area (Å²) in [6.45, 7) is 0. The van der Waals surface area contributed by atoms with Crippen LogP contribution in [0.25, 0.3) is 0 Å². The van der Waals surface area contributed by atoms with Crippen molar-refractivity contribution in [3.05, 3.63) is 68.7 Å². The predicted octanol–water partition coefficient (Wildman–Crippen LogP) is 4.81. The van der Waals surface area contributed by atoms with Crippen molar-refractivity contribution in [3.8, 4) is 0 Å². The van der Waals surface area contributed by atoms with Gasteiger partial charge < -0.3 is 0 Å². The molecular weight excluding hydrogens is 338 g/mol. The van der Waals surface area contributed by atoms with Crippen LogP contribution >= 0.6 is 27.5 Å². The van der Waals surface area contributed by atoms with E-state index in [2.05, 4.69) is 15.9 Å². The first-order valence-corrected chi connectivity index (χ1v) is 6.57. The van der Waals surface area contributed by atoms with E-state index < -0.39 is 17.4 Å². The fourth-order valence-corrected chi connectivity index (χ4v) is 2.19. The molecule has 0 aliphatic carbocycles. The van der Waals surface area contributed by atoms with Crippen LogP contribution in [-0.2, 0) is 6.42 Å². The molecule has 0 N–H and O–H groups in total. The van der Waals surface area contributed by atoms with Crippen LogP contribution in [0.1, 0.15) is 15.9 Å². The molecule has 0 saturated heterocycles. The van der Waals surface area contributed by atoms with Gasteiger partial charge in [0.15, 0.2) is 5.78 Å². The molecule has 5 heteroatoms. The molecule has 0 fully saturated rings. The minimum atomic E-state index is -0.619. The van der Waals surface area contributed by atoms with E-state index in [4.69, 9.17) is 11.6 Å². The first-order valence-electron chi connectivity index (χ1n) is 5.40. The Kier molecular flexibility index (Phi) is 4.32. The SMILES string of the molecule is O=C(Cc1cccc(F)c1Cl)c1ccc(Br)cc1F. The number of rotatable bonds is 3. The van der Waals surface area contributed by atoms with E-state index in [1.807, 2.05) is 0 Å². The van der Waals surface area contributed by atoms with Gasteiger partial charge in [-0.1, -0.05) is 39.7 Å². The molecule has 1 nitrogen and oxygen atoms in total. The molecule has 0 spiro atoms. The number of ketones is 1. The molecule has 0 aliphatic rings. The Morgan fingerprint density at radius 2 is 1.89 bits per heavy atom. The van der Waals surface area contributed by atoms with Gasteiger partial charge in [0.2, 0.25) is 0 Å². The molecular formula is C14H8BrClF2O. The standard InChI is InChI=1S/C14H8BrClF2O/c15-9-4-5-10(12(18)7-9)13(19)6-8-2-1-3-11(17)14(8)16/h1-5,7H,6H2. The lowest BCUT2D eigenvalue weighted by atomic mass is 10.0. The van der Waals surface area contributed by atoms with Crippen molar-refractivity contribution in [2.75, 3.05) is 0 Å². The van der Waals surface area contributed by atoms with Gasteiger partial charge in [0.1, 0.15) is 11.6 Å². The van der Waals surface area contributed by atoms with Gasteiger partial charge in [0.25, 0.3) is 0 Å². The molecule has 0 heterocycles. The molecule has 0 aromatic heterocycles. The molecule has 0 atom stereocenters. The molecule has 0 amide bonds. The third-order valence-electron chi connectivity index (χ3n) is 2.61. The lowest BCUT2D eigenvalue weighted by Crippen LogP contribution is -2.07. The zero-order valence-electron chi connectivity index (χ0n) is 9.59. The molecule has 2 rings (SSSR count). The van der Waals surface area contributed by atoms with Crippen LogP contribution < -0.4 is 0 Å². The molecule has 19 heavy (non-hydrogen) atoms. The normalized spacial score (nSPS) is 10.5. The summed E-state index contributed by atoms with van der Waals surface area (Å²) in [7, 11) is 0. The van der Waals surface area contributed by atoms with Crippen molar-refractivity contribution in [3.63, 3.8) is 0 Å². The maximum Gasteiger partial charge on any atom is 0.170 e. The Labute approximate surface area is 122 Å². The third-order valence-corrected chi connectivity index (χ3v) is 3.53. The number of Topliss-reactive ketones (excluding diaryl/α,β-unsaturated/α-hetero) is 1. The minimum absolute atomic E-state index is 0.0384. The summed E-state index contributed by atoms with van der Waals surface area (Å²) in [4.78, 5) is 12.0. The van der Waals surface area contributed by atoms with Crippen molar-refractivity contribution in [1.29, 1.82) is 0 Å². The smallest absolute Gasteiger partial charge is 0.170 e. The topological polar surface area (TPSA) is 17.1 Å². The summed E-state index contributed by atoms with van der Waals surface area (Å²) in [6, 6.07) is 8.37. The largest absolute Gasteiger partial charge is 0.294 e. The molecule has 0 unspecified atom stereocenters. The summed E-state index contributed by atoms with van der Waals surface area (Å²) < 4.78 is 27.4. The molecule has 0 bridgehead atoms. The molecule has 2 aromatic carbocycles. The van der Waals surface area contributed by atoms with Crippen molar-refractivity contribution in [1.82, 2.24) is 0 Å². The number of carbonyl (C=O) groups excluding carboxylic acids is 1. The van der Waals surface area contributed by atoms with Crippen LogP contribution in [-0.4, -0.2) is 5.78 Å². The van der Waals surface area contributed by atoms with Crippen LogP contribution in [0.4, 0.5) is 8.78 Å². The van der Waals surface area contributed by atoms with Crippen LogP contribution in [0.5, 0.6) is 0 Å². The van der Waals surface area contributed by atoms with E-state index in [1.165, 1.54) is 24.3 Å². The van der Waals surface area contributed by atoms with Gasteiger partial charge in [-0.2, -0.15) is 0 Å². The minimum Gasteiger partial charge on any atom is -0.294 e. The Morgan fingerprint density at radius 1 is 1.16 bits per heavy atom. The second kappa shape index (κ2) is 5.80. The molecule has 98 valence electrons. The average Bonchev–Trinajstić information content (AvgIpc) is 2.34. The van der Waals surface area contributed by atoms with Crippen molar-refractivity contribution < 1.29 is 13.6 Å². The van der Waals surface area contributed by atoms with Crippen LogP contribution in [0.3, 0.4) is 0 Å². The Hall–Kier alpha value is -1.26. The van der Waals surface area contributed by atoms with Gasteiger partial charge in [0, 0.05) is 10.9 Å². The maximum atomic E-state index is 13.6. The molecule has 0 radical (unpaired) electrons. The van der Waals surface area contributed by atoms with Crippen molar-refractivity contribution in [2.24, 2.45) is 0 Å². The monoisotopic (exact) mass is 344 g/mol. The van der Waals surface area contributed by atoms with Gasteiger partial charge in [-0.25, -0.2) is 8.78 Å². The van der Waals surface area contributed by atoms with Gasteiger partial charge >= 0.3 is 0 Å². The predicted molar refractivity (Wildman–Crippen MR) is 73.5 cm³/mol. The number of hydrogen-bond donors (Lipinski definition) is 0. The first-order chi connectivity index (χ1) is 8.99. The summed E-state index contributed by atoms with van der Waals surface area (Å²) >= 11 is 8.87. The lowest BCUT2D eigenvalue weighted by Gasteiger charge is -2.06. The maximum absolute atomic E-state index is 13.6. The number of hydrogen-bond acceptors (Lipinski definition) is 1. The summed E-state index contributed by atoms with van der Waals surface area (Å²) in [5, 5.41) is -0.103. The highest BCUT2D eigenvalue weighted by Gasteiger charge is 2.15. The van der Waals surface area contributed by atoms with E-state index in [9.17, 15) is 13.6 Å².